The van der Waals surface area contributed by atoms with Gasteiger partial charge in [0.05, 0.1) is 0 Å². The van der Waals surface area contributed by atoms with E-state index in [4.69, 9.17) is 4.74 Å². The topological polar surface area (TPSA) is 108 Å². The molecule has 3 rings (SSSR count). The first-order valence-corrected chi connectivity index (χ1v) is 16.8. The highest BCUT2D eigenvalue weighted by Gasteiger charge is 2.37. The van der Waals surface area contributed by atoms with Crippen molar-refractivity contribution < 1.29 is 24.2 Å². The van der Waals surface area contributed by atoms with Gasteiger partial charge in [0.15, 0.2) is 0 Å². The summed E-state index contributed by atoms with van der Waals surface area (Å²) in [5.41, 5.74) is 4.10. The highest BCUT2D eigenvalue weighted by Crippen LogP contribution is 2.31. The molecule has 2 unspecified atom stereocenters. The Labute approximate surface area is 280 Å². The molecule has 8 nitrogen and oxygen atoms in total. The van der Waals surface area contributed by atoms with Crippen molar-refractivity contribution in [1.82, 2.24) is 10.2 Å². The van der Waals surface area contributed by atoms with E-state index in [9.17, 15) is 19.5 Å². The van der Waals surface area contributed by atoms with Crippen LogP contribution in [0.15, 0.2) is 66.7 Å². The molecule has 3 aromatic rings. The van der Waals surface area contributed by atoms with Crippen LogP contribution in [0.4, 0.5) is 10.5 Å². The highest BCUT2D eigenvalue weighted by atomic mass is 16.6. The van der Waals surface area contributed by atoms with E-state index in [2.05, 4.69) is 17.6 Å². The van der Waals surface area contributed by atoms with E-state index in [-0.39, 0.29) is 24.0 Å². The first-order chi connectivity index (χ1) is 22.3. The third kappa shape index (κ3) is 11.5. The molecule has 0 aromatic heterocycles. The number of rotatable bonds is 15. The number of aryl methyl sites for hydroxylation is 3. The summed E-state index contributed by atoms with van der Waals surface area (Å²) in [5.74, 6) is -0.605. The molecule has 0 bridgehead atoms. The van der Waals surface area contributed by atoms with Gasteiger partial charge in [-0.15, -0.1) is 0 Å². The molecule has 0 aliphatic carbocycles. The molecular formula is C39H53N3O5. The minimum atomic E-state index is -1.03. The zero-order valence-electron chi connectivity index (χ0n) is 29.2. The van der Waals surface area contributed by atoms with Crippen LogP contribution in [0.3, 0.4) is 0 Å². The van der Waals surface area contributed by atoms with Gasteiger partial charge in [-0.3, -0.25) is 9.59 Å². The van der Waals surface area contributed by atoms with E-state index >= 15 is 0 Å². The highest BCUT2D eigenvalue weighted by molar-refractivity contribution is 5.99. The van der Waals surface area contributed by atoms with E-state index in [1.807, 2.05) is 63.2 Å². The summed E-state index contributed by atoms with van der Waals surface area (Å²) >= 11 is 0. The van der Waals surface area contributed by atoms with Crippen LogP contribution in [0.2, 0.25) is 0 Å². The third-order valence-corrected chi connectivity index (χ3v) is 8.18. The van der Waals surface area contributed by atoms with Crippen LogP contribution >= 0.6 is 0 Å². The number of nitrogens with one attached hydrogen (secondary N) is 2. The lowest BCUT2D eigenvalue weighted by atomic mass is 9.92. The van der Waals surface area contributed by atoms with E-state index in [0.29, 0.717) is 18.7 Å². The predicted molar refractivity (Wildman–Crippen MR) is 189 cm³/mol. The van der Waals surface area contributed by atoms with Crippen molar-refractivity contribution in [2.24, 2.45) is 0 Å². The van der Waals surface area contributed by atoms with E-state index in [1.54, 1.807) is 49.9 Å². The van der Waals surface area contributed by atoms with Gasteiger partial charge in [0.1, 0.15) is 23.4 Å². The number of alkyl carbamates (subject to hydrolysis) is 1. The number of carbonyl (C=O) groups is 3. The maximum absolute atomic E-state index is 14.9. The quantitative estimate of drug-likeness (QED) is 0.144. The van der Waals surface area contributed by atoms with Crippen molar-refractivity contribution in [1.29, 1.82) is 0 Å². The van der Waals surface area contributed by atoms with Gasteiger partial charge in [-0.25, -0.2) is 4.79 Å². The molecule has 254 valence electrons. The average Bonchev–Trinajstić information content (AvgIpc) is 3.00. The molecular weight excluding hydrogens is 590 g/mol. The third-order valence-electron chi connectivity index (χ3n) is 8.18. The Morgan fingerprint density at radius 3 is 2.02 bits per heavy atom. The van der Waals surface area contributed by atoms with Gasteiger partial charge in [-0.05, 0) is 94.0 Å². The van der Waals surface area contributed by atoms with Gasteiger partial charge in [0.25, 0.3) is 5.91 Å². The molecule has 0 aliphatic heterocycles. The summed E-state index contributed by atoms with van der Waals surface area (Å²) in [6.07, 6.45) is 5.47. The molecule has 2 atom stereocenters. The number of amides is 3. The van der Waals surface area contributed by atoms with Crippen molar-refractivity contribution in [2.45, 2.75) is 111 Å². The number of benzene rings is 3. The number of ether oxygens (including phenoxy) is 1. The lowest BCUT2D eigenvalue weighted by Crippen LogP contribution is -2.53. The number of aromatic hydroxyl groups is 1. The van der Waals surface area contributed by atoms with Crippen LogP contribution < -0.4 is 10.6 Å². The van der Waals surface area contributed by atoms with Gasteiger partial charge in [0, 0.05) is 18.7 Å². The Hall–Kier alpha value is -4.33. The van der Waals surface area contributed by atoms with E-state index < -0.39 is 23.8 Å². The molecule has 0 saturated heterocycles. The maximum Gasteiger partial charge on any atom is 0.408 e. The summed E-state index contributed by atoms with van der Waals surface area (Å²) in [6.45, 7) is 13.6. The molecule has 8 heteroatoms. The van der Waals surface area contributed by atoms with Gasteiger partial charge in [-0.1, -0.05) is 87.6 Å². The SMILES string of the molecule is CCCCCCCCN(C(=O)C(Cc1ccc(O)cc1)NC(=O)OC(C)(C)C)C(C(=O)Nc1ccccc1C)c1c(C)cccc1C. The van der Waals surface area contributed by atoms with Crippen LogP contribution in [-0.2, 0) is 20.7 Å². The lowest BCUT2D eigenvalue weighted by molar-refractivity contribution is -0.141. The maximum atomic E-state index is 14.9. The molecule has 3 aromatic carbocycles. The van der Waals surface area contributed by atoms with Crippen molar-refractivity contribution in [3.63, 3.8) is 0 Å². The lowest BCUT2D eigenvalue weighted by Gasteiger charge is -2.36. The molecule has 0 aliphatic rings. The first kappa shape index (κ1) is 37.1. The fourth-order valence-electron chi connectivity index (χ4n) is 5.75. The van der Waals surface area contributed by atoms with Crippen molar-refractivity contribution in [2.75, 3.05) is 11.9 Å². The summed E-state index contributed by atoms with van der Waals surface area (Å²) in [7, 11) is 0. The Bertz CT molecular complexity index is 1460. The monoisotopic (exact) mass is 643 g/mol. The molecule has 47 heavy (non-hydrogen) atoms. The van der Waals surface area contributed by atoms with Gasteiger partial charge in [-0.2, -0.15) is 0 Å². The zero-order valence-corrected chi connectivity index (χ0v) is 29.2. The van der Waals surface area contributed by atoms with Crippen LogP contribution in [0.1, 0.15) is 100 Å². The summed E-state index contributed by atoms with van der Waals surface area (Å²) in [4.78, 5) is 44.1. The van der Waals surface area contributed by atoms with E-state index in [1.165, 1.54) is 0 Å². The minimum Gasteiger partial charge on any atom is -0.508 e. The van der Waals surface area contributed by atoms with Crippen LogP contribution in [0, 0.1) is 20.8 Å². The number of phenolic OH excluding ortho intramolecular Hbond substituents is 1. The summed E-state index contributed by atoms with van der Waals surface area (Å²) < 4.78 is 5.57. The molecule has 0 spiro atoms. The largest absolute Gasteiger partial charge is 0.508 e. The second kappa shape index (κ2) is 17.5. The minimum absolute atomic E-state index is 0.101. The molecule has 3 N–H and O–H groups in total. The predicted octanol–water partition coefficient (Wildman–Crippen LogP) is 8.32. The number of carbonyl (C=O) groups excluding carboxylic acids is 3. The number of hydrogen-bond acceptors (Lipinski definition) is 5. The van der Waals surface area contributed by atoms with Crippen molar-refractivity contribution >= 4 is 23.6 Å². The number of nitrogens with zero attached hydrogens (tertiary/aromatic N) is 1. The first-order valence-electron chi connectivity index (χ1n) is 16.8. The fraction of sp³-hybridized carbons (Fsp3) is 0.462. The summed E-state index contributed by atoms with van der Waals surface area (Å²) in [5, 5.41) is 15.8. The average molecular weight is 644 g/mol. The van der Waals surface area contributed by atoms with Gasteiger partial charge >= 0.3 is 6.09 Å². The molecule has 3 amide bonds. The normalized spacial score (nSPS) is 12.6. The smallest absolute Gasteiger partial charge is 0.408 e. The van der Waals surface area contributed by atoms with Crippen LogP contribution in [0.5, 0.6) is 5.75 Å². The second-order valence-corrected chi connectivity index (χ2v) is 13.4. The Kier molecular flexibility index (Phi) is 13.9. The van der Waals surface area contributed by atoms with Gasteiger partial charge < -0.3 is 25.4 Å². The Morgan fingerprint density at radius 2 is 1.40 bits per heavy atom. The number of para-hydroxylation sites is 1. The Morgan fingerprint density at radius 1 is 0.809 bits per heavy atom. The van der Waals surface area contributed by atoms with Crippen molar-refractivity contribution in [3.8, 4) is 5.75 Å². The standard InChI is InChI=1S/C39H53N3O5/c1-8-9-10-11-12-15-25-42(37(45)33(41-38(46)47-39(5,6)7)26-30-21-23-31(43)24-22-30)35(34-28(3)18-16-19-29(34)4)36(44)40-32-20-14-13-17-27(32)2/h13-14,16-24,33,35,43H,8-12,15,25-26H2,1-7H3,(H,40,44)(H,41,46). The number of hydrogen-bond donors (Lipinski definition) is 3. The molecule has 0 fully saturated rings. The van der Waals surface area contributed by atoms with Crippen LogP contribution in [0.25, 0.3) is 0 Å². The zero-order chi connectivity index (χ0) is 34.6. The summed E-state index contributed by atoms with van der Waals surface area (Å²) in [6, 6.07) is 18.0. The molecule has 0 radical (unpaired) electrons. The van der Waals surface area contributed by atoms with Crippen LogP contribution in [-0.4, -0.2) is 46.1 Å². The number of unbranched alkanes of at least 4 members (excludes halogenated alkanes) is 5. The molecule has 0 saturated carbocycles. The fourth-order valence-corrected chi connectivity index (χ4v) is 5.75. The number of phenols is 1. The van der Waals surface area contributed by atoms with Gasteiger partial charge in [0.2, 0.25) is 5.91 Å². The second-order valence-electron chi connectivity index (χ2n) is 13.4. The number of anilines is 1. The van der Waals surface area contributed by atoms with Crippen molar-refractivity contribution in [3.05, 3.63) is 94.5 Å². The molecule has 0 heterocycles. The van der Waals surface area contributed by atoms with E-state index in [0.717, 1.165) is 59.9 Å². The Balaban J connectivity index is 2.11.